The van der Waals surface area contributed by atoms with E-state index in [1.807, 2.05) is 0 Å². The first-order valence-corrected chi connectivity index (χ1v) is 6.49. The van der Waals surface area contributed by atoms with Crippen LogP contribution in [-0.2, 0) is 16.6 Å². The molecule has 0 saturated carbocycles. The first-order chi connectivity index (χ1) is 8.06. The topological polar surface area (TPSA) is 70.5 Å². The molecule has 0 radical (unpaired) electrons. The Balaban J connectivity index is 3.08. The smallest absolute Gasteiger partial charge is 0.261 e. The number of aromatic nitrogens is 1. The van der Waals surface area contributed by atoms with Gasteiger partial charge in [0.25, 0.3) is 10.0 Å². The minimum Gasteiger partial charge on any atom is -0.392 e. The zero-order valence-electron chi connectivity index (χ0n) is 9.50. The maximum Gasteiger partial charge on any atom is 0.261 e. The van der Waals surface area contributed by atoms with E-state index in [-0.39, 0.29) is 24.7 Å². The molecule has 0 fully saturated rings. The van der Waals surface area contributed by atoms with Crippen molar-refractivity contribution in [1.29, 1.82) is 0 Å². The molecule has 1 aromatic rings. The number of aliphatic hydroxyl groups excluding tert-OH is 1. The molecule has 1 aromatic heterocycles. The van der Waals surface area contributed by atoms with Gasteiger partial charge in [0.2, 0.25) is 0 Å². The first kappa shape index (κ1) is 13.6. The van der Waals surface area contributed by atoms with Crippen molar-refractivity contribution in [2.24, 2.45) is 0 Å². The van der Waals surface area contributed by atoms with Crippen LogP contribution in [0.1, 0.15) is 12.5 Å². The molecule has 0 saturated heterocycles. The number of terminal acetylenes is 1. The molecule has 0 bridgehead atoms. The average molecular weight is 254 g/mol. The zero-order valence-corrected chi connectivity index (χ0v) is 10.3. The summed E-state index contributed by atoms with van der Waals surface area (Å²) in [7, 11) is -3.64. The number of aliphatic hydroxyl groups is 1. The molecule has 5 nitrogen and oxygen atoms in total. The van der Waals surface area contributed by atoms with E-state index in [0.717, 1.165) is 4.31 Å². The molecule has 1 N–H and O–H groups in total. The van der Waals surface area contributed by atoms with Crippen molar-refractivity contribution in [1.82, 2.24) is 9.29 Å². The highest BCUT2D eigenvalue weighted by atomic mass is 32.2. The molecule has 0 aliphatic heterocycles. The molecule has 0 amide bonds. The minimum absolute atomic E-state index is 0.0161. The molecule has 1 heterocycles. The minimum atomic E-state index is -3.64. The summed E-state index contributed by atoms with van der Waals surface area (Å²) < 4.78 is 25.3. The second-order valence-corrected chi connectivity index (χ2v) is 5.18. The van der Waals surface area contributed by atoms with Crippen molar-refractivity contribution in [2.45, 2.75) is 18.6 Å². The third kappa shape index (κ3) is 3.03. The summed E-state index contributed by atoms with van der Waals surface area (Å²) in [4.78, 5) is 3.81. The van der Waals surface area contributed by atoms with E-state index >= 15 is 0 Å². The first-order valence-electron chi connectivity index (χ1n) is 5.05. The Bertz CT molecular complexity index is 503. The molecule has 6 heteroatoms. The van der Waals surface area contributed by atoms with Gasteiger partial charge in [-0.15, -0.1) is 6.42 Å². The molecular weight excluding hydrogens is 240 g/mol. The maximum absolute atomic E-state index is 12.1. The van der Waals surface area contributed by atoms with Crippen molar-refractivity contribution in [2.75, 3.05) is 13.1 Å². The molecule has 92 valence electrons. The zero-order chi connectivity index (χ0) is 12.9. The monoisotopic (exact) mass is 254 g/mol. The Morgan fingerprint density at radius 3 is 2.65 bits per heavy atom. The highest BCUT2D eigenvalue weighted by Crippen LogP contribution is 2.13. The third-order valence-electron chi connectivity index (χ3n) is 2.20. The van der Waals surface area contributed by atoms with E-state index < -0.39 is 10.0 Å². The summed E-state index contributed by atoms with van der Waals surface area (Å²) in [6, 6.07) is 2.88. The Morgan fingerprint density at radius 1 is 1.53 bits per heavy atom. The lowest BCUT2D eigenvalue weighted by Gasteiger charge is -2.16. The molecule has 0 aliphatic rings. The van der Waals surface area contributed by atoms with Crippen LogP contribution in [0, 0.1) is 12.3 Å². The molecule has 1 rings (SSSR count). The van der Waals surface area contributed by atoms with Crippen LogP contribution in [0.25, 0.3) is 0 Å². The Kier molecular flexibility index (Phi) is 4.63. The van der Waals surface area contributed by atoms with Crippen LogP contribution in [0.3, 0.4) is 0 Å². The average Bonchev–Trinajstić information content (AvgIpc) is 2.35. The normalized spacial score (nSPS) is 11.4. The van der Waals surface area contributed by atoms with Crippen molar-refractivity contribution in [3.8, 4) is 12.3 Å². The van der Waals surface area contributed by atoms with Crippen molar-refractivity contribution in [3.05, 3.63) is 23.9 Å². The summed E-state index contributed by atoms with van der Waals surface area (Å²) in [5, 5.41) is 8.78. The van der Waals surface area contributed by atoms with Gasteiger partial charge in [0.05, 0.1) is 13.2 Å². The SMILES string of the molecule is C#CCN(CC)S(=O)(=O)c1ccc(CO)cn1. The van der Waals surface area contributed by atoms with Crippen LogP contribution < -0.4 is 0 Å². The fraction of sp³-hybridized carbons (Fsp3) is 0.364. The lowest BCUT2D eigenvalue weighted by molar-refractivity contribution is 0.281. The van der Waals surface area contributed by atoms with Gasteiger partial charge < -0.3 is 5.11 Å². The van der Waals surface area contributed by atoms with E-state index in [4.69, 9.17) is 11.5 Å². The Labute approximate surface area is 101 Å². The second kappa shape index (κ2) is 5.77. The maximum atomic E-state index is 12.1. The lowest BCUT2D eigenvalue weighted by atomic mass is 10.3. The fourth-order valence-electron chi connectivity index (χ4n) is 1.26. The largest absolute Gasteiger partial charge is 0.392 e. The van der Waals surface area contributed by atoms with Gasteiger partial charge in [0.1, 0.15) is 0 Å². The summed E-state index contributed by atoms with van der Waals surface area (Å²) >= 11 is 0. The highest BCUT2D eigenvalue weighted by molar-refractivity contribution is 7.89. The quantitative estimate of drug-likeness (QED) is 0.763. The van der Waals surface area contributed by atoms with E-state index in [2.05, 4.69) is 10.9 Å². The molecule has 17 heavy (non-hydrogen) atoms. The van der Waals surface area contributed by atoms with Crippen molar-refractivity contribution >= 4 is 10.0 Å². The molecule has 0 aromatic carbocycles. The van der Waals surface area contributed by atoms with Crippen LogP contribution in [0.15, 0.2) is 23.4 Å². The number of hydrogen-bond acceptors (Lipinski definition) is 4. The number of rotatable bonds is 5. The van der Waals surface area contributed by atoms with Gasteiger partial charge in [0, 0.05) is 12.7 Å². The Morgan fingerprint density at radius 2 is 2.24 bits per heavy atom. The fourth-order valence-corrected chi connectivity index (χ4v) is 2.53. The number of nitrogens with zero attached hydrogens (tertiary/aromatic N) is 2. The predicted octanol–water partition coefficient (Wildman–Crippen LogP) is 0.218. The van der Waals surface area contributed by atoms with Gasteiger partial charge in [-0.05, 0) is 11.6 Å². The molecule has 0 aliphatic carbocycles. The van der Waals surface area contributed by atoms with Crippen LogP contribution in [-0.4, -0.2) is 35.9 Å². The lowest BCUT2D eigenvalue weighted by Crippen LogP contribution is -2.31. The summed E-state index contributed by atoms with van der Waals surface area (Å²) in [6.07, 6.45) is 6.45. The van der Waals surface area contributed by atoms with Gasteiger partial charge in [-0.25, -0.2) is 13.4 Å². The van der Waals surface area contributed by atoms with E-state index in [1.54, 1.807) is 6.92 Å². The summed E-state index contributed by atoms with van der Waals surface area (Å²) in [6.45, 7) is 1.84. The van der Waals surface area contributed by atoms with Crippen molar-refractivity contribution in [3.63, 3.8) is 0 Å². The van der Waals surface area contributed by atoms with Gasteiger partial charge >= 0.3 is 0 Å². The number of hydrogen-bond donors (Lipinski definition) is 1. The van der Waals surface area contributed by atoms with Crippen LogP contribution >= 0.6 is 0 Å². The van der Waals surface area contributed by atoms with Crippen LogP contribution in [0.5, 0.6) is 0 Å². The van der Waals surface area contributed by atoms with Gasteiger partial charge in [-0.3, -0.25) is 0 Å². The summed E-state index contributed by atoms with van der Waals surface area (Å²) in [5.41, 5.74) is 0.559. The third-order valence-corrected chi connectivity index (χ3v) is 4.04. The molecular formula is C11H14N2O3S. The standard InChI is InChI=1S/C11H14N2O3S/c1-3-7-13(4-2)17(15,16)11-6-5-10(9-14)8-12-11/h1,5-6,8,14H,4,7,9H2,2H3. The van der Waals surface area contributed by atoms with Crippen molar-refractivity contribution < 1.29 is 13.5 Å². The number of sulfonamides is 1. The van der Waals surface area contributed by atoms with Crippen LogP contribution in [0.2, 0.25) is 0 Å². The predicted molar refractivity (Wildman–Crippen MR) is 63.4 cm³/mol. The second-order valence-electron chi connectivity index (χ2n) is 3.30. The Hall–Kier alpha value is -1.42. The van der Waals surface area contributed by atoms with E-state index in [1.165, 1.54) is 18.3 Å². The van der Waals surface area contributed by atoms with E-state index in [0.29, 0.717) is 5.56 Å². The summed E-state index contributed by atoms with van der Waals surface area (Å²) in [5.74, 6) is 2.30. The molecule has 0 unspecified atom stereocenters. The van der Waals surface area contributed by atoms with Gasteiger partial charge in [-0.1, -0.05) is 18.9 Å². The highest BCUT2D eigenvalue weighted by Gasteiger charge is 2.23. The van der Waals surface area contributed by atoms with Gasteiger partial charge in [0.15, 0.2) is 5.03 Å². The van der Waals surface area contributed by atoms with Gasteiger partial charge in [-0.2, -0.15) is 4.31 Å². The molecule has 0 spiro atoms. The van der Waals surface area contributed by atoms with E-state index in [9.17, 15) is 8.42 Å². The molecule has 0 atom stereocenters. The number of pyridine rings is 1. The van der Waals surface area contributed by atoms with Crippen LogP contribution in [0.4, 0.5) is 0 Å².